The lowest BCUT2D eigenvalue weighted by Gasteiger charge is -2.39. The first-order valence-corrected chi connectivity index (χ1v) is 4.59. The monoisotopic (exact) mass is 175 g/mol. The molecule has 0 atom stereocenters. The van der Waals surface area contributed by atoms with E-state index in [2.05, 4.69) is 16.9 Å². The predicted molar refractivity (Wildman–Crippen MR) is 46.5 cm³/mol. The Hall–Kier alpha value is -0.150. The summed E-state index contributed by atoms with van der Waals surface area (Å²) in [5.41, 5.74) is -0.507. The zero-order chi connectivity index (χ0) is 9.19. The number of hydrogen-bond acceptors (Lipinski definition) is 2. The van der Waals surface area contributed by atoms with Crippen LogP contribution in [0.4, 0.5) is 4.53 Å². The lowest BCUT2D eigenvalue weighted by Crippen LogP contribution is -2.46. The van der Waals surface area contributed by atoms with Crippen molar-refractivity contribution in [1.82, 2.24) is 4.90 Å². The van der Waals surface area contributed by atoms with Crippen molar-refractivity contribution in [2.75, 3.05) is 20.1 Å². The summed E-state index contributed by atoms with van der Waals surface area (Å²) in [6.07, 6.45) is 1.61. The van der Waals surface area contributed by atoms with Gasteiger partial charge in [-0.15, -0.1) is 0 Å². The average Bonchev–Trinajstić information content (AvgIpc) is 2.06. The summed E-state index contributed by atoms with van der Waals surface area (Å²) in [7, 11) is 2.06. The van der Waals surface area contributed by atoms with E-state index < -0.39 is 5.60 Å². The Morgan fingerprint density at radius 1 is 1.33 bits per heavy atom. The van der Waals surface area contributed by atoms with Crippen LogP contribution in [-0.2, 0) is 4.94 Å². The van der Waals surface area contributed by atoms with Crippen LogP contribution >= 0.6 is 0 Å². The molecule has 0 spiro atoms. The maximum Gasteiger partial charge on any atom is 0.114 e. The van der Waals surface area contributed by atoms with Crippen molar-refractivity contribution >= 4 is 0 Å². The van der Waals surface area contributed by atoms with Gasteiger partial charge in [-0.25, -0.2) is 0 Å². The highest BCUT2D eigenvalue weighted by Crippen LogP contribution is 2.33. The summed E-state index contributed by atoms with van der Waals surface area (Å²) in [6, 6.07) is 0. The van der Waals surface area contributed by atoms with E-state index in [1.807, 2.05) is 13.8 Å². The molecule has 3 heteroatoms. The molecule has 1 aliphatic heterocycles. The van der Waals surface area contributed by atoms with Gasteiger partial charge in [0.1, 0.15) is 5.60 Å². The molecule has 0 bridgehead atoms. The fraction of sp³-hybridized carbons (Fsp3) is 1.00. The summed E-state index contributed by atoms with van der Waals surface area (Å²) in [5.74, 6) is 0.260. The number of hydrogen-bond donors (Lipinski definition) is 0. The molecule has 1 aliphatic rings. The van der Waals surface area contributed by atoms with Crippen LogP contribution in [0.3, 0.4) is 0 Å². The van der Waals surface area contributed by atoms with Gasteiger partial charge in [-0.2, -0.15) is 4.94 Å². The molecule has 1 heterocycles. The zero-order valence-corrected chi connectivity index (χ0v) is 8.14. The largest absolute Gasteiger partial charge is 0.306 e. The van der Waals surface area contributed by atoms with Crippen molar-refractivity contribution in [2.45, 2.75) is 32.3 Å². The van der Waals surface area contributed by atoms with Crippen LogP contribution in [0.5, 0.6) is 0 Å². The molecule has 0 N–H and O–H groups in total. The van der Waals surface area contributed by atoms with Crippen LogP contribution in [0.15, 0.2) is 0 Å². The molecule has 0 aliphatic carbocycles. The Kier molecular flexibility index (Phi) is 3.07. The van der Waals surface area contributed by atoms with Crippen molar-refractivity contribution in [2.24, 2.45) is 5.92 Å². The molecule has 0 amide bonds. The second-order valence-corrected chi connectivity index (χ2v) is 4.10. The molecule has 1 rings (SSSR count). The smallest absolute Gasteiger partial charge is 0.114 e. The van der Waals surface area contributed by atoms with E-state index in [0.717, 1.165) is 25.9 Å². The zero-order valence-electron chi connectivity index (χ0n) is 8.14. The minimum absolute atomic E-state index is 0.260. The first kappa shape index (κ1) is 9.93. The average molecular weight is 175 g/mol. The molecule has 0 aromatic heterocycles. The van der Waals surface area contributed by atoms with Crippen molar-refractivity contribution in [3.05, 3.63) is 0 Å². The number of rotatable bonds is 2. The highest BCUT2D eigenvalue weighted by Gasteiger charge is 2.38. The van der Waals surface area contributed by atoms with E-state index in [0.29, 0.717) is 0 Å². The van der Waals surface area contributed by atoms with Crippen molar-refractivity contribution in [3.8, 4) is 0 Å². The predicted octanol–water partition coefficient (Wildman–Crippen LogP) is 2.01. The lowest BCUT2D eigenvalue weighted by atomic mass is 9.82. The van der Waals surface area contributed by atoms with Gasteiger partial charge in [0.2, 0.25) is 0 Å². The van der Waals surface area contributed by atoms with Crippen LogP contribution < -0.4 is 0 Å². The molecule has 1 fully saturated rings. The second-order valence-electron chi connectivity index (χ2n) is 4.10. The minimum Gasteiger partial charge on any atom is -0.306 e. The molecule has 0 saturated carbocycles. The first-order valence-electron chi connectivity index (χ1n) is 4.59. The summed E-state index contributed by atoms with van der Waals surface area (Å²) < 4.78 is 12.4. The molecule has 0 radical (unpaired) electrons. The van der Waals surface area contributed by atoms with Crippen molar-refractivity contribution < 1.29 is 9.47 Å². The SMILES string of the molecule is CC(C)C1(OF)CCN(C)CC1. The van der Waals surface area contributed by atoms with Crippen molar-refractivity contribution in [1.29, 1.82) is 0 Å². The standard InChI is InChI=1S/C9H18FNO/c1-8(2)9(12-10)4-6-11(3)7-5-9/h8H,4-7H2,1-3H3. The first-order chi connectivity index (χ1) is 5.60. The Labute approximate surface area is 73.6 Å². The molecular weight excluding hydrogens is 157 g/mol. The normalized spacial score (nSPS) is 24.8. The van der Waals surface area contributed by atoms with Gasteiger partial charge in [0, 0.05) is 13.1 Å². The van der Waals surface area contributed by atoms with Gasteiger partial charge in [0.15, 0.2) is 0 Å². The van der Waals surface area contributed by atoms with Crippen LogP contribution in [0.2, 0.25) is 0 Å². The van der Waals surface area contributed by atoms with Crippen LogP contribution in [0.1, 0.15) is 26.7 Å². The third-order valence-electron chi connectivity index (χ3n) is 3.04. The summed E-state index contributed by atoms with van der Waals surface area (Å²) in [6.45, 7) is 5.90. The maximum atomic E-state index is 12.4. The Bertz CT molecular complexity index is 141. The second kappa shape index (κ2) is 3.71. The quantitative estimate of drug-likeness (QED) is 0.636. The van der Waals surface area contributed by atoms with Crippen LogP contribution in [0.25, 0.3) is 0 Å². The van der Waals surface area contributed by atoms with E-state index >= 15 is 0 Å². The van der Waals surface area contributed by atoms with Crippen molar-refractivity contribution in [3.63, 3.8) is 0 Å². The number of piperidine rings is 1. The molecule has 72 valence electrons. The molecule has 1 saturated heterocycles. The Morgan fingerprint density at radius 2 is 1.83 bits per heavy atom. The van der Waals surface area contributed by atoms with Gasteiger partial charge >= 0.3 is 0 Å². The van der Waals surface area contributed by atoms with Crippen LogP contribution in [-0.4, -0.2) is 30.6 Å². The topological polar surface area (TPSA) is 12.5 Å². The highest BCUT2D eigenvalue weighted by molar-refractivity contribution is 4.88. The number of halogens is 1. The number of nitrogens with zero attached hydrogens (tertiary/aromatic N) is 1. The Balaban J connectivity index is 2.57. The lowest BCUT2D eigenvalue weighted by molar-refractivity contribution is -0.266. The van der Waals surface area contributed by atoms with E-state index in [4.69, 9.17) is 0 Å². The molecule has 12 heavy (non-hydrogen) atoms. The van der Waals surface area contributed by atoms with E-state index in [9.17, 15) is 4.53 Å². The van der Waals surface area contributed by atoms with Gasteiger partial charge in [-0.05, 0) is 30.3 Å². The molecular formula is C9H18FNO. The third-order valence-corrected chi connectivity index (χ3v) is 3.04. The summed E-state index contributed by atoms with van der Waals surface area (Å²) in [4.78, 5) is 6.37. The molecule has 2 nitrogen and oxygen atoms in total. The highest BCUT2D eigenvalue weighted by atomic mass is 19.3. The minimum atomic E-state index is -0.507. The summed E-state index contributed by atoms with van der Waals surface area (Å²) in [5, 5.41) is 0. The molecule has 0 aromatic rings. The van der Waals surface area contributed by atoms with E-state index in [-0.39, 0.29) is 5.92 Å². The van der Waals surface area contributed by atoms with Gasteiger partial charge in [-0.3, -0.25) is 0 Å². The maximum absolute atomic E-state index is 12.4. The van der Waals surface area contributed by atoms with E-state index in [1.165, 1.54) is 0 Å². The van der Waals surface area contributed by atoms with Gasteiger partial charge in [0.25, 0.3) is 0 Å². The molecule has 0 aromatic carbocycles. The van der Waals surface area contributed by atoms with Crippen LogP contribution in [0, 0.1) is 5.92 Å². The third kappa shape index (κ3) is 1.77. The van der Waals surface area contributed by atoms with Gasteiger partial charge in [0.05, 0.1) is 0 Å². The Morgan fingerprint density at radius 3 is 2.17 bits per heavy atom. The fourth-order valence-electron chi connectivity index (χ4n) is 1.74. The van der Waals surface area contributed by atoms with Gasteiger partial charge in [-0.1, -0.05) is 13.8 Å². The molecule has 0 unspecified atom stereocenters. The van der Waals surface area contributed by atoms with E-state index in [1.54, 1.807) is 0 Å². The number of likely N-dealkylation sites (tertiary alicyclic amines) is 1. The van der Waals surface area contributed by atoms with Gasteiger partial charge < -0.3 is 4.90 Å². The fourth-order valence-corrected chi connectivity index (χ4v) is 1.74. The summed E-state index contributed by atoms with van der Waals surface area (Å²) >= 11 is 0.